The van der Waals surface area contributed by atoms with Crippen molar-refractivity contribution in [3.8, 4) is 0 Å². The van der Waals surface area contributed by atoms with E-state index in [4.69, 9.17) is 11.5 Å². The number of hydrogen-bond donors (Lipinski definition) is 6. The number of aromatic nitrogens is 1. The SMILES string of the molecule is CC[C@H](C)[C@H](NC(=O)[C@@H](N)CCCCN)C(=O)N[C@@H](Cc1c[nH]c2ccccc12)C(=O)O. The number of benzene rings is 1. The Kier molecular flexibility index (Phi) is 9.67. The Morgan fingerprint density at radius 1 is 1.12 bits per heavy atom. The van der Waals surface area contributed by atoms with Crippen LogP contribution >= 0.6 is 0 Å². The lowest BCUT2D eigenvalue weighted by Gasteiger charge is -2.26. The fourth-order valence-corrected chi connectivity index (χ4v) is 3.58. The number of carbonyl (C=O) groups is 3. The fourth-order valence-electron chi connectivity index (χ4n) is 3.58. The molecule has 1 aromatic carbocycles. The largest absolute Gasteiger partial charge is 0.480 e. The van der Waals surface area contributed by atoms with Gasteiger partial charge in [0.2, 0.25) is 11.8 Å². The normalized spacial score (nSPS) is 15.0. The number of nitrogens with one attached hydrogen (secondary N) is 3. The highest BCUT2D eigenvalue weighted by molar-refractivity contribution is 5.92. The lowest BCUT2D eigenvalue weighted by Crippen LogP contribution is -2.57. The topological polar surface area (TPSA) is 163 Å². The van der Waals surface area contributed by atoms with Crippen LogP contribution in [0.4, 0.5) is 0 Å². The predicted octanol–water partition coefficient (Wildman–Crippen LogP) is 1.27. The standard InChI is InChI=1S/C23H35N5O4/c1-3-14(2)20(28-21(29)17(25)9-6-7-11-24)22(30)27-19(23(31)32)12-15-13-26-18-10-5-4-8-16(15)18/h4-5,8,10,13-14,17,19-20,26H,3,6-7,9,11-12,24-25H2,1-2H3,(H,27,30)(H,28,29)(H,31,32)/t14-,17-,19-,20-/m0/s1. The number of H-pyrrole nitrogens is 1. The molecule has 9 heteroatoms. The van der Waals surface area contributed by atoms with Gasteiger partial charge >= 0.3 is 5.97 Å². The molecule has 0 fully saturated rings. The molecule has 0 spiro atoms. The van der Waals surface area contributed by atoms with Crippen LogP contribution in [-0.4, -0.2) is 52.5 Å². The second-order valence-electron chi connectivity index (χ2n) is 8.23. The minimum Gasteiger partial charge on any atom is -0.480 e. The molecule has 2 amide bonds. The third-order valence-corrected chi connectivity index (χ3v) is 5.81. The van der Waals surface area contributed by atoms with E-state index in [2.05, 4.69) is 15.6 Å². The van der Waals surface area contributed by atoms with Crippen molar-refractivity contribution in [3.63, 3.8) is 0 Å². The Morgan fingerprint density at radius 3 is 2.50 bits per heavy atom. The van der Waals surface area contributed by atoms with E-state index in [0.29, 0.717) is 19.4 Å². The van der Waals surface area contributed by atoms with Gasteiger partial charge in [-0.05, 0) is 36.9 Å². The van der Waals surface area contributed by atoms with Crippen molar-refractivity contribution < 1.29 is 19.5 Å². The number of aromatic amines is 1. The summed E-state index contributed by atoms with van der Waals surface area (Å²) >= 11 is 0. The van der Waals surface area contributed by atoms with Gasteiger partial charge < -0.3 is 32.2 Å². The minimum absolute atomic E-state index is 0.116. The van der Waals surface area contributed by atoms with Gasteiger partial charge in [0.15, 0.2) is 0 Å². The van der Waals surface area contributed by atoms with Crippen LogP contribution < -0.4 is 22.1 Å². The van der Waals surface area contributed by atoms with E-state index in [1.165, 1.54) is 0 Å². The summed E-state index contributed by atoms with van der Waals surface area (Å²) in [4.78, 5) is 40.5. The van der Waals surface area contributed by atoms with Gasteiger partial charge in [0.25, 0.3) is 0 Å². The first kappa shape index (κ1) is 25.4. The number of aliphatic carboxylic acids is 1. The van der Waals surface area contributed by atoms with Crippen LogP contribution in [-0.2, 0) is 20.8 Å². The molecule has 176 valence electrons. The summed E-state index contributed by atoms with van der Waals surface area (Å²) in [5.41, 5.74) is 13.1. The lowest BCUT2D eigenvalue weighted by molar-refractivity contribution is -0.142. The number of carbonyl (C=O) groups excluding carboxylic acids is 2. The number of unbranched alkanes of at least 4 members (excludes halogenated alkanes) is 1. The highest BCUT2D eigenvalue weighted by atomic mass is 16.4. The van der Waals surface area contributed by atoms with Crippen molar-refractivity contribution in [1.29, 1.82) is 0 Å². The predicted molar refractivity (Wildman–Crippen MR) is 124 cm³/mol. The molecule has 1 aromatic heterocycles. The summed E-state index contributed by atoms with van der Waals surface area (Å²) in [7, 11) is 0. The van der Waals surface area contributed by atoms with Gasteiger partial charge in [-0.25, -0.2) is 4.79 Å². The number of carboxylic acids is 1. The van der Waals surface area contributed by atoms with Crippen molar-refractivity contribution in [1.82, 2.24) is 15.6 Å². The molecule has 1 heterocycles. The Hall–Kier alpha value is -2.91. The average Bonchev–Trinajstić information content (AvgIpc) is 3.19. The van der Waals surface area contributed by atoms with E-state index in [-0.39, 0.29) is 12.3 Å². The maximum absolute atomic E-state index is 13.0. The number of nitrogens with two attached hydrogens (primary N) is 2. The number of rotatable bonds is 13. The summed E-state index contributed by atoms with van der Waals surface area (Å²) in [6.45, 7) is 4.26. The third kappa shape index (κ3) is 6.80. The molecule has 2 aromatic rings. The molecule has 0 aliphatic heterocycles. The lowest BCUT2D eigenvalue weighted by atomic mass is 9.96. The number of amides is 2. The molecule has 4 atom stereocenters. The highest BCUT2D eigenvalue weighted by Crippen LogP contribution is 2.19. The van der Waals surface area contributed by atoms with E-state index in [1.807, 2.05) is 38.1 Å². The fraction of sp³-hybridized carbons (Fsp3) is 0.522. The number of para-hydroxylation sites is 1. The Labute approximate surface area is 188 Å². The molecule has 0 saturated carbocycles. The van der Waals surface area contributed by atoms with Crippen molar-refractivity contribution >= 4 is 28.7 Å². The zero-order valence-electron chi connectivity index (χ0n) is 18.8. The maximum Gasteiger partial charge on any atom is 0.326 e. The zero-order chi connectivity index (χ0) is 23.7. The second-order valence-corrected chi connectivity index (χ2v) is 8.23. The van der Waals surface area contributed by atoms with Crippen LogP contribution in [0, 0.1) is 5.92 Å². The van der Waals surface area contributed by atoms with Crippen molar-refractivity contribution in [3.05, 3.63) is 36.0 Å². The first-order valence-corrected chi connectivity index (χ1v) is 11.1. The monoisotopic (exact) mass is 445 g/mol. The molecule has 2 rings (SSSR count). The van der Waals surface area contributed by atoms with Crippen molar-refractivity contribution in [2.75, 3.05) is 6.54 Å². The average molecular weight is 446 g/mol. The zero-order valence-corrected chi connectivity index (χ0v) is 18.8. The van der Waals surface area contributed by atoms with Gasteiger partial charge in [-0.2, -0.15) is 0 Å². The van der Waals surface area contributed by atoms with Crippen LogP contribution in [0.5, 0.6) is 0 Å². The summed E-state index contributed by atoms with van der Waals surface area (Å²) in [5.74, 6) is -2.30. The number of hydrogen-bond acceptors (Lipinski definition) is 5. The van der Waals surface area contributed by atoms with Crippen LogP contribution in [0.25, 0.3) is 10.9 Å². The molecule has 0 aliphatic carbocycles. The summed E-state index contributed by atoms with van der Waals surface area (Å²) in [6, 6.07) is 4.80. The molecular formula is C23H35N5O4. The molecule has 32 heavy (non-hydrogen) atoms. The molecule has 0 aliphatic rings. The second kappa shape index (κ2) is 12.2. The first-order valence-electron chi connectivity index (χ1n) is 11.1. The van der Waals surface area contributed by atoms with Gasteiger partial charge in [-0.3, -0.25) is 9.59 Å². The minimum atomic E-state index is -1.14. The van der Waals surface area contributed by atoms with E-state index < -0.39 is 35.9 Å². The molecule has 8 N–H and O–H groups in total. The molecule has 0 bridgehead atoms. The Balaban J connectivity index is 2.10. The molecule has 0 unspecified atom stereocenters. The summed E-state index contributed by atoms with van der Waals surface area (Å²) in [6.07, 6.45) is 4.45. The third-order valence-electron chi connectivity index (χ3n) is 5.81. The van der Waals surface area contributed by atoms with E-state index >= 15 is 0 Å². The number of carboxylic acid groups (broad SMARTS) is 1. The van der Waals surface area contributed by atoms with Crippen molar-refractivity contribution in [2.24, 2.45) is 17.4 Å². The Morgan fingerprint density at radius 2 is 1.84 bits per heavy atom. The molecule has 0 saturated heterocycles. The summed E-state index contributed by atoms with van der Waals surface area (Å²) < 4.78 is 0. The van der Waals surface area contributed by atoms with E-state index in [1.54, 1.807) is 6.20 Å². The van der Waals surface area contributed by atoms with Gasteiger partial charge in [0.1, 0.15) is 12.1 Å². The van der Waals surface area contributed by atoms with Crippen molar-refractivity contribution in [2.45, 2.75) is 64.1 Å². The molecule has 0 radical (unpaired) electrons. The maximum atomic E-state index is 13.0. The van der Waals surface area contributed by atoms with Crippen LogP contribution in [0.3, 0.4) is 0 Å². The quantitative estimate of drug-likeness (QED) is 0.254. The van der Waals surface area contributed by atoms with E-state index in [0.717, 1.165) is 29.3 Å². The highest BCUT2D eigenvalue weighted by Gasteiger charge is 2.31. The smallest absolute Gasteiger partial charge is 0.326 e. The van der Waals surface area contributed by atoms with Crippen LogP contribution in [0.1, 0.15) is 45.1 Å². The van der Waals surface area contributed by atoms with Crippen LogP contribution in [0.15, 0.2) is 30.5 Å². The van der Waals surface area contributed by atoms with Gasteiger partial charge in [-0.1, -0.05) is 44.9 Å². The van der Waals surface area contributed by atoms with E-state index in [9.17, 15) is 19.5 Å². The number of fused-ring (bicyclic) bond motifs is 1. The van der Waals surface area contributed by atoms with Crippen LogP contribution in [0.2, 0.25) is 0 Å². The Bertz CT molecular complexity index is 913. The molecule has 9 nitrogen and oxygen atoms in total. The van der Waals surface area contributed by atoms with Gasteiger partial charge in [-0.15, -0.1) is 0 Å². The first-order chi connectivity index (χ1) is 15.3. The van der Waals surface area contributed by atoms with Gasteiger partial charge in [0, 0.05) is 23.5 Å². The van der Waals surface area contributed by atoms with Gasteiger partial charge in [0.05, 0.1) is 6.04 Å². The summed E-state index contributed by atoms with van der Waals surface area (Å²) in [5, 5.41) is 16.0. The molecular weight excluding hydrogens is 410 g/mol.